The van der Waals surface area contributed by atoms with E-state index >= 15 is 0 Å². The molecule has 300 valence electrons. The Balaban J connectivity index is 0.000000186. The van der Waals surface area contributed by atoms with Crippen LogP contribution in [0.5, 0.6) is 11.5 Å². The minimum Gasteiger partial charge on any atom is -0.480 e. The number of carboxylic acids is 1. The van der Waals surface area contributed by atoms with Gasteiger partial charge in [-0.15, -0.1) is 0 Å². The molecule has 0 aliphatic carbocycles. The topological polar surface area (TPSA) is 221 Å². The van der Waals surface area contributed by atoms with Gasteiger partial charge in [0, 0.05) is 40.8 Å². The Labute approximate surface area is 339 Å². The molecule has 15 nitrogen and oxygen atoms in total. The first-order valence-electron chi connectivity index (χ1n) is 19.1. The van der Waals surface area contributed by atoms with Crippen LogP contribution in [-0.2, 0) is 24.7 Å². The molecule has 5 N–H and O–H groups in total. The van der Waals surface area contributed by atoms with Gasteiger partial charge in [-0.25, -0.2) is 14.6 Å². The second-order valence-corrected chi connectivity index (χ2v) is 14.4. The van der Waals surface area contributed by atoms with E-state index in [1.54, 1.807) is 24.3 Å². The fourth-order valence-corrected chi connectivity index (χ4v) is 7.18. The number of aliphatic carboxylic acids is 1. The molecule has 4 aliphatic rings. The first-order chi connectivity index (χ1) is 28.4. The Hall–Kier alpha value is -7.29. The smallest absolute Gasteiger partial charge is 0.340 e. The number of esters is 1. The minimum atomic E-state index is -1.19. The number of fused-ring (bicyclic) bond motifs is 7. The first kappa shape index (κ1) is 39.9. The van der Waals surface area contributed by atoms with E-state index in [9.17, 15) is 29.1 Å². The number of nitrogens with one attached hydrogen (secondary N) is 4. The van der Waals surface area contributed by atoms with Crippen molar-refractivity contribution in [3.05, 3.63) is 124 Å². The molecule has 4 aromatic rings. The molecule has 0 radical (unpaired) electrons. The predicted octanol–water partition coefficient (Wildman–Crippen LogP) is 5.66. The molecule has 2 atom stereocenters. The minimum absolute atomic E-state index is 0.0295. The van der Waals surface area contributed by atoms with Crippen molar-refractivity contribution in [2.75, 3.05) is 11.9 Å². The summed E-state index contributed by atoms with van der Waals surface area (Å²) in [6.07, 6.45) is 2.68. The third-order valence-electron chi connectivity index (χ3n) is 10.1. The summed E-state index contributed by atoms with van der Waals surface area (Å²) in [5.74, 6) is -1.15. The van der Waals surface area contributed by atoms with Crippen LogP contribution in [0.1, 0.15) is 81.1 Å². The highest BCUT2D eigenvalue weighted by atomic mass is 16.6. The quantitative estimate of drug-likeness (QED) is 0.118. The molecule has 0 fully saturated rings. The van der Waals surface area contributed by atoms with Crippen molar-refractivity contribution in [2.24, 2.45) is 15.0 Å². The lowest BCUT2D eigenvalue weighted by Crippen LogP contribution is -2.47. The first-order valence-corrected chi connectivity index (χ1v) is 19.1. The van der Waals surface area contributed by atoms with E-state index in [-0.39, 0.29) is 48.5 Å². The maximum atomic E-state index is 12.6. The number of aliphatic imine (C=N–C) groups is 3. The van der Waals surface area contributed by atoms with E-state index in [1.165, 1.54) is 6.21 Å². The summed E-state index contributed by atoms with van der Waals surface area (Å²) in [4.78, 5) is 72.4. The summed E-state index contributed by atoms with van der Waals surface area (Å²) in [6.45, 7) is 6.18. The molecule has 8 rings (SSSR count). The highest BCUT2D eigenvalue weighted by Crippen LogP contribution is 2.56. The van der Waals surface area contributed by atoms with Crippen LogP contribution in [0.15, 0.2) is 99.9 Å². The van der Waals surface area contributed by atoms with E-state index in [0.717, 1.165) is 39.3 Å². The summed E-state index contributed by atoms with van der Waals surface area (Å²) < 4.78 is 12.3. The fraction of sp³-hybridized carbons (Fsp3) is 0.250. The summed E-state index contributed by atoms with van der Waals surface area (Å²) >= 11 is 0. The van der Waals surface area contributed by atoms with Gasteiger partial charge in [0.05, 0.1) is 24.0 Å². The number of ketones is 1. The van der Waals surface area contributed by atoms with Crippen molar-refractivity contribution < 1.29 is 38.6 Å². The van der Waals surface area contributed by atoms with Gasteiger partial charge in [0.25, 0.3) is 11.8 Å². The van der Waals surface area contributed by atoms with Crippen molar-refractivity contribution in [3.8, 4) is 11.5 Å². The average molecular weight is 796 g/mol. The van der Waals surface area contributed by atoms with Crippen LogP contribution in [-0.4, -0.2) is 77.0 Å². The molecule has 2 amide bonds. The second-order valence-electron chi connectivity index (χ2n) is 14.4. The molecule has 4 aliphatic heterocycles. The zero-order chi connectivity index (χ0) is 41.8. The molecule has 0 aromatic heterocycles. The summed E-state index contributed by atoms with van der Waals surface area (Å²) in [6, 6.07) is 24.0. The monoisotopic (exact) mass is 795 g/mol. The predicted molar refractivity (Wildman–Crippen MR) is 220 cm³/mol. The van der Waals surface area contributed by atoms with Crippen molar-refractivity contribution in [1.29, 1.82) is 5.41 Å². The number of hydrogen-bond donors (Lipinski definition) is 5. The summed E-state index contributed by atoms with van der Waals surface area (Å²) in [5, 5.41) is 24.6. The van der Waals surface area contributed by atoms with E-state index < -0.39 is 35.5 Å². The van der Waals surface area contributed by atoms with Gasteiger partial charge in [-0.05, 0) is 80.3 Å². The number of aryl methyl sites for hydroxylation is 2. The average Bonchev–Trinajstić information content (AvgIpc) is 3.50. The van der Waals surface area contributed by atoms with Crippen LogP contribution < -0.4 is 20.7 Å². The van der Waals surface area contributed by atoms with Crippen LogP contribution >= 0.6 is 0 Å². The Morgan fingerprint density at radius 3 is 2.25 bits per heavy atom. The third kappa shape index (κ3) is 8.26. The number of ether oxygens (including phenoxy) is 2. The fourth-order valence-electron chi connectivity index (χ4n) is 7.18. The molecular weight excluding hydrogens is 755 g/mol. The molecule has 2 unspecified atom stereocenters. The Morgan fingerprint density at radius 2 is 1.59 bits per heavy atom. The molecule has 4 aromatic carbocycles. The van der Waals surface area contributed by atoms with E-state index in [0.29, 0.717) is 29.8 Å². The number of amidine groups is 1. The molecule has 59 heavy (non-hydrogen) atoms. The van der Waals surface area contributed by atoms with Crippen molar-refractivity contribution in [2.45, 2.75) is 64.1 Å². The normalized spacial score (nSPS) is 16.9. The number of anilines is 1. The van der Waals surface area contributed by atoms with Gasteiger partial charge in [0.1, 0.15) is 23.3 Å². The van der Waals surface area contributed by atoms with E-state index in [4.69, 9.17) is 14.9 Å². The van der Waals surface area contributed by atoms with Gasteiger partial charge >= 0.3 is 11.9 Å². The number of carbonyl (C=O) groups excluding carboxylic acids is 4. The molecule has 1 spiro atoms. The van der Waals surface area contributed by atoms with E-state index in [2.05, 4.69) is 30.9 Å². The number of nitrogens with zero attached hydrogens (tertiary/aromatic N) is 3. The maximum Gasteiger partial charge on any atom is 0.340 e. The van der Waals surface area contributed by atoms with Crippen molar-refractivity contribution in [3.63, 3.8) is 0 Å². The highest BCUT2D eigenvalue weighted by molar-refractivity contribution is 6.38. The maximum absolute atomic E-state index is 12.6. The Bertz CT molecular complexity index is 2440. The summed E-state index contributed by atoms with van der Waals surface area (Å²) in [7, 11) is 0. The number of rotatable bonds is 11. The largest absolute Gasteiger partial charge is 0.480 e. The number of carbonyl (C=O) groups is 5. The van der Waals surface area contributed by atoms with Crippen LogP contribution in [0.25, 0.3) is 0 Å². The summed E-state index contributed by atoms with van der Waals surface area (Å²) in [5.41, 5.74) is 5.93. The van der Waals surface area contributed by atoms with Crippen molar-refractivity contribution >= 4 is 58.9 Å². The van der Waals surface area contributed by atoms with Gasteiger partial charge in [0.15, 0.2) is 17.5 Å². The van der Waals surface area contributed by atoms with Crippen LogP contribution in [0, 0.1) is 19.3 Å². The zero-order valence-corrected chi connectivity index (χ0v) is 32.5. The van der Waals surface area contributed by atoms with Gasteiger partial charge in [0.2, 0.25) is 5.96 Å². The van der Waals surface area contributed by atoms with E-state index in [1.807, 2.05) is 81.4 Å². The highest BCUT2D eigenvalue weighted by Gasteiger charge is 2.53. The standard InChI is InChI=1S/C22H25N7O5.C22H16O3/c1-2-3-15(30)8-9-16(21(33)34)27-19(31)12-4-6-13(7-5-12)24-10-14-11-25-18-17(26-14)20(32)29-22(23)28-18;1-13-7-9-17-19(11-13)24-20-12-14(2)8-10-18(20)22(17)16-6-4-3-5-15(16)21(23)25-22/h4-7,11,16-17,24H,2-3,8-10H2,1H3,(H,27,31)(H,33,34)(H2,23,29,32);3-12H,1-2H3. The number of hydrogen-bond acceptors (Lipinski definition) is 11. The number of guanidine groups is 1. The molecule has 0 bridgehead atoms. The lowest BCUT2D eigenvalue weighted by Gasteiger charge is -2.36. The molecule has 0 saturated heterocycles. The van der Waals surface area contributed by atoms with Gasteiger partial charge < -0.3 is 25.2 Å². The van der Waals surface area contributed by atoms with Crippen LogP contribution in [0.4, 0.5) is 5.69 Å². The van der Waals surface area contributed by atoms with Gasteiger partial charge in [-0.1, -0.05) is 49.4 Å². The SMILES string of the molecule is CCCC(=O)CCC(NC(=O)c1ccc(NCC2=NC3C(=O)NC(=N)N=C3N=C2)cc1)C(=O)O.Cc1ccc2c(c1)Oc1cc(C)ccc1C21OC(=O)c2ccccc21. The van der Waals surface area contributed by atoms with Crippen LogP contribution in [0.3, 0.4) is 0 Å². The Morgan fingerprint density at radius 1 is 0.915 bits per heavy atom. The number of amides is 2. The van der Waals surface area contributed by atoms with Gasteiger partial charge in [-0.3, -0.25) is 30.1 Å². The molecule has 4 heterocycles. The lowest BCUT2D eigenvalue weighted by atomic mass is 9.77. The second kappa shape index (κ2) is 16.7. The molecule has 15 heteroatoms. The molecular formula is C44H41N7O8. The van der Waals surface area contributed by atoms with Crippen LogP contribution in [0.2, 0.25) is 0 Å². The Kier molecular flexibility index (Phi) is 11.3. The molecule has 0 saturated carbocycles. The lowest BCUT2D eigenvalue weighted by molar-refractivity contribution is -0.139. The third-order valence-corrected chi connectivity index (χ3v) is 10.1. The number of Topliss-reactive ketones (excluding diaryl/α,β-unsaturated/α-hetero) is 1. The van der Waals surface area contributed by atoms with Gasteiger partial charge in [-0.2, -0.15) is 4.99 Å². The zero-order valence-electron chi connectivity index (χ0n) is 32.5. The number of carboxylic acid groups (broad SMARTS) is 1. The number of benzene rings is 4. The van der Waals surface area contributed by atoms with Crippen molar-refractivity contribution in [1.82, 2.24) is 10.6 Å².